The zero-order valence-corrected chi connectivity index (χ0v) is 10.8. The van der Waals surface area contributed by atoms with E-state index in [-0.39, 0.29) is 0 Å². The summed E-state index contributed by atoms with van der Waals surface area (Å²) in [6.45, 7) is 2.95. The lowest BCUT2D eigenvalue weighted by Crippen LogP contribution is -2.09. The molecule has 0 spiro atoms. The number of nitrogens with one attached hydrogen (secondary N) is 1. The number of anilines is 1. The number of hydrogen-bond donors (Lipinski definition) is 1. The van der Waals surface area contributed by atoms with Crippen molar-refractivity contribution in [2.24, 2.45) is 7.05 Å². The van der Waals surface area contributed by atoms with E-state index in [2.05, 4.69) is 17.3 Å². The van der Waals surface area contributed by atoms with Crippen LogP contribution in [-0.2, 0) is 13.5 Å². The van der Waals surface area contributed by atoms with Gasteiger partial charge in [-0.2, -0.15) is 5.10 Å². The molecule has 0 aliphatic heterocycles. The Bertz CT molecular complexity index is 505. The standard InChI is InChI=1S/C13H16ClN3/c1-10-3-4-11(14)9-13(10)15-7-5-12-6-8-16-17(12)2/h3-4,6,8-9,15H,5,7H2,1-2H3. The Hall–Kier alpha value is -1.48. The van der Waals surface area contributed by atoms with Gasteiger partial charge in [-0.15, -0.1) is 0 Å². The van der Waals surface area contributed by atoms with Gasteiger partial charge in [0.1, 0.15) is 0 Å². The van der Waals surface area contributed by atoms with Gasteiger partial charge in [-0.3, -0.25) is 4.68 Å². The van der Waals surface area contributed by atoms with Crippen molar-refractivity contribution in [3.8, 4) is 0 Å². The SMILES string of the molecule is Cc1ccc(Cl)cc1NCCc1ccnn1C. The molecular formula is C13H16ClN3. The van der Waals surface area contributed by atoms with E-state index in [0.717, 1.165) is 23.7 Å². The predicted molar refractivity (Wildman–Crippen MR) is 71.6 cm³/mol. The molecule has 2 rings (SSSR count). The van der Waals surface area contributed by atoms with E-state index in [1.807, 2.05) is 42.2 Å². The second-order valence-electron chi connectivity index (χ2n) is 4.08. The quantitative estimate of drug-likeness (QED) is 0.903. The van der Waals surface area contributed by atoms with Crippen molar-refractivity contribution in [2.45, 2.75) is 13.3 Å². The molecule has 0 aliphatic carbocycles. The lowest BCUT2D eigenvalue weighted by molar-refractivity contribution is 0.711. The lowest BCUT2D eigenvalue weighted by Gasteiger charge is -2.10. The Kier molecular flexibility index (Phi) is 3.69. The summed E-state index contributed by atoms with van der Waals surface area (Å²) < 4.78 is 1.90. The Labute approximate surface area is 106 Å². The van der Waals surface area contributed by atoms with Gasteiger partial charge in [-0.25, -0.2) is 0 Å². The summed E-state index contributed by atoms with van der Waals surface area (Å²) in [5.41, 5.74) is 3.52. The summed E-state index contributed by atoms with van der Waals surface area (Å²) in [7, 11) is 1.96. The summed E-state index contributed by atoms with van der Waals surface area (Å²) in [5.74, 6) is 0. The molecule has 0 bridgehead atoms. The van der Waals surface area contributed by atoms with Crippen molar-refractivity contribution in [3.05, 3.63) is 46.7 Å². The Morgan fingerprint density at radius 2 is 2.18 bits per heavy atom. The average molecular weight is 250 g/mol. The summed E-state index contributed by atoms with van der Waals surface area (Å²) in [6, 6.07) is 7.92. The van der Waals surface area contributed by atoms with E-state index in [9.17, 15) is 0 Å². The van der Waals surface area contributed by atoms with Crippen LogP contribution >= 0.6 is 11.6 Å². The van der Waals surface area contributed by atoms with Gasteiger partial charge in [0, 0.05) is 42.6 Å². The fourth-order valence-corrected chi connectivity index (χ4v) is 1.93. The second kappa shape index (κ2) is 5.23. The molecule has 0 fully saturated rings. The first-order chi connectivity index (χ1) is 8.16. The van der Waals surface area contributed by atoms with Crippen LogP contribution in [-0.4, -0.2) is 16.3 Å². The molecule has 2 aromatic rings. The second-order valence-corrected chi connectivity index (χ2v) is 4.52. The monoisotopic (exact) mass is 249 g/mol. The average Bonchev–Trinajstić information content (AvgIpc) is 2.70. The van der Waals surface area contributed by atoms with Gasteiger partial charge in [-0.05, 0) is 30.7 Å². The molecule has 0 aliphatic rings. The number of benzene rings is 1. The zero-order chi connectivity index (χ0) is 12.3. The predicted octanol–water partition coefficient (Wildman–Crippen LogP) is 3.04. The molecule has 1 aromatic carbocycles. The highest BCUT2D eigenvalue weighted by molar-refractivity contribution is 6.30. The molecule has 0 unspecified atom stereocenters. The van der Waals surface area contributed by atoms with E-state index in [1.54, 1.807) is 0 Å². The van der Waals surface area contributed by atoms with Crippen LogP contribution in [0.15, 0.2) is 30.5 Å². The summed E-state index contributed by atoms with van der Waals surface area (Å²) >= 11 is 5.97. The maximum absolute atomic E-state index is 5.97. The number of rotatable bonds is 4. The molecule has 1 heterocycles. The van der Waals surface area contributed by atoms with Crippen LogP contribution in [0.1, 0.15) is 11.3 Å². The first-order valence-electron chi connectivity index (χ1n) is 5.64. The lowest BCUT2D eigenvalue weighted by atomic mass is 10.2. The van der Waals surface area contributed by atoms with Crippen molar-refractivity contribution in [1.29, 1.82) is 0 Å². The Balaban J connectivity index is 1.94. The Morgan fingerprint density at radius 3 is 2.88 bits per heavy atom. The van der Waals surface area contributed by atoms with Crippen molar-refractivity contribution in [3.63, 3.8) is 0 Å². The molecule has 4 heteroatoms. The van der Waals surface area contributed by atoms with E-state index < -0.39 is 0 Å². The fraction of sp³-hybridized carbons (Fsp3) is 0.308. The number of nitrogens with zero attached hydrogens (tertiary/aromatic N) is 2. The van der Waals surface area contributed by atoms with Crippen molar-refractivity contribution in [1.82, 2.24) is 9.78 Å². The number of hydrogen-bond acceptors (Lipinski definition) is 2. The molecular weight excluding hydrogens is 234 g/mol. The van der Waals surface area contributed by atoms with Crippen molar-refractivity contribution < 1.29 is 0 Å². The van der Waals surface area contributed by atoms with E-state index in [0.29, 0.717) is 0 Å². The molecule has 3 nitrogen and oxygen atoms in total. The van der Waals surface area contributed by atoms with Crippen LogP contribution in [0.3, 0.4) is 0 Å². The number of aromatic nitrogens is 2. The number of halogens is 1. The molecule has 0 radical (unpaired) electrons. The fourth-order valence-electron chi connectivity index (χ4n) is 1.76. The molecule has 0 amide bonds. The maximum atomic E-state index is 5.97. The third-order valence-electron chi connectivity index (χ3n) is 2.82. The molecule has 0 atom stereocenters. The van der Waals surface area contributed by atoms with E-state index in [1.165, 1.54) is 11.3 Å². The zero-order valence-electron chi connectivity index (χ0n) is 10.1. The van der Waals surface area contributed by atoms with Gasteiger partial charge >= 0.3 is 0 Å². The first-order valence-corrected chi connectivity index (χ1v) is 6.01. The van der Waals surface area contributed by atoms with Crippen LogP contribution in [0.4, 0.5) is 5.69 Å². The summed E-state index contributed by atoms with van der Waals surface area (Å²) in [4.78, 5) is 0. The minimum Gasteiger partial charge on any atom is -0.384 e. The highest BCUT2D eigenvalue weighted by atomic mass is 35.5. The van der Waals surface area contributed by atoms with Crippen LogP contribution in [0.2, 0.25) is 5.02 Å². The third-order valence-corrected chi connectivity index (χ3v) is 3.05. The van der Waals surface area contributed by atoms with Gasteiger partial charge in [-0.1, -0.05) is 17.7 Å². The third kappa shape index (κ3) is 3.01. The van der Waals surface area contributed by atoms with Gasteiger partial charge in [0.25, 0.3) is 0 Å². The molecule has 1 N–H and O–H groups in total. The normalized spacial score (nSPS) is 10.5. The van der Waals surface area contributed by atoms with Crippen molar-refractivity contribution >= 4 is 17.3 Å². The summed E-state index contributed by atoms with van der Waals surface area (Å²) in [6.07, 6.45) is 2.77. The Morgan fingerprint density at radius 1 is 1.35 bits per heavy atom. The molecule has 90 valence electrons. The van der Waals surface area contributed by atoms with Gasteiger partial charge in [0.05, 0.1) is 0 Å². The smallest absolute Gasteiger partial charge is 0.0492 e. The van der Waals surface area contributed by atoms with Gasteiger partial charge in [0.2, 0.25) is 0 Å². The van der Waals surface area contributed by atoms with Crippen LogP contribution < -0.4 is 5.32 Å². The van der Waals surface area contributed by atoms with Crippen molar-refractivity contribution in [2.75, 3.05) is 11.9 Å². The minimum atomic E-state index is 0.763. The highest BCUT2D eigenvalue weighted by Crippen LogP contribution is 2.19. The molecule has 0 saturated heterocycles. The van der Waals surface area contributed by atoms with E-state index in [4.69, 9.17) is 11.6 Å². The van der Waals surface area contributed by atoms with Gasteiger partial charge in [0.15, 0.2) is 0 Å². The van der Waals surface area contributed by atoms with Gasteiger partial charge < -0.3 is 5.32 Å². The summed E-state index contributed by atoms with van der Waals surface area (Å²) in [5, 5.41) is 8.30. The number of aryl methyl sites for hydroxylation is 2. The van der Waals surface area contributed by atoms with Crippen LogP contribution in [0, 0.1) is 6.92 Å². The minimum absolute atomic E-state index is 0.763. The molecule has 17 heavy (non-hydrogen) atoms. The molecule has 0 saturated carbocycles. The largest absolute Gasteiger partial charge is 0.384 e. The molecule has 1 aromatic heterocycles. The highest BCUT2D eigenvalue weighted by Gasteiger charge is 2.01. The van der Waals surface area contributed by atoms with E-state index >= 15 is 0 Å². The van der Waals surface area contributed by atoms with Crippen LogP contribution in [0.5, 0.6) is 0 Å². The topological polar surface area (TPSA) is 29.9 Å². The first kappa shape index (κ1) is 12.0. The van der Waals surface area contributed by atoms with Crippen LogP contribution in [0.25, 0.3) is 0 Å². The maximum Gasteiger partial charge on any atom is 0.0492 e.